The summed E-state index contributed by atoms with van der Waals surface area (Å²) >= 11 is 0. The molecule has 3 rings (SSSR count). The Morgan fingerprint density at radius 1 is 1.09 bits per heavy atom. The van der Waals surface area contributed by atoms with Gasteiger partial charge in [-0.15, -0.1) is 0 Å². The number of carbonyl (C=O) groups excluding carboxylic acids is 1. The number of phenolic OH excluding ortho intramolecular Hbond substituents is 4. The minimum absolute atomic E-state index is 0.0508. The highest BCUT2D eigenvalue weighted by molar-refractivity contribution is 6.04. The lowest BCUT2D eigenvalue weighted by Crippen LogP contribution is -2.30. The summed E-state index contributed by atoms with van der Waals surface area (Å²) in [4.78, 5) is 12.6. The second kappa shape index (κ2) is 5.39. The number of hydrogen-bond donors (Lipinski definition) is 4. The number of hydrogen-bond acceptors (Lipinski definition) is 6. The molecule has 6 nitrogen and oxygen atoms in total. The SMILES string of the molecule is Cc1c(O)cc(O)c2c1OCC(Cc1ccc(O)cc1O)C2=O. The van der Waals surface area contributed by atoms with E-state index in [1.54, 1.807) is 6.92 Å². The molecular formula is C17H16O6. The third-order valence-corrected chi connectivity index (χ3v) is 4.06. The van der Waals surface area contributed by atoms with Crippen molar-refractivity contribution in [2.24, 2.45) is 5.92 Å². The van der Waals surface area contributed by atoms with Crippen molar-refractivity contribution in [3.05, 3.63) is 41.0 Å². The van der Waals surface area contributed by atoms with Gasteiger partial charge < -0.3 is 25.2 Å². The van der Waals surface area contributed by atoms with Crippen molar-refractivity contribution in [1.29, 1.82) is 0 Å². The van der Waals surface area contributed by atoms with Crippen LogP contribution in [0.2, 0.25) is 0 Å². The van der Waals surface area contributed by atoms with Gasteiger partial charge in [-0.25, -0.2) is 0 Å². The van der Waals surface area contributed by atoms with Gasteiger partial charge in [-0.05, 0) is 25.0 Å². The molecule has 0 aromatic heterocycles. The molecule has 4 N–H and O–H groups in total. The first-order chi connectivity index (χ1) is 10.9. The van der Waals surface area contributed by atoms with Gasteiger partial charge >= 0.3 is 0 Å². The highest BCUT2D eigenvalue weighted by Crippen LogP contribution is 2.42. The first kappa shape index (κ1) is 15.0. The summed E-state index contributed by atoms with van der Waals surface area (Å²) in [7, 11) is 0. The van der Waals surface area contributed by atoms with Gasteiger partial charge in [-0.3, -0.25) is 4.79 Å². The van der Waals surface area contributed by atoms with E-state index in [-0.39, 0.29) is 53.1 Å². The Morgan fingerprint density at radius 2 is 1.83 bits per heavy atom. The van der Waals surface area contributed by atoms with Crippen molar-refractivity contribution < 1.29 is 30.0 Å². The first-order valence-corrected chi connectivity index (χ1v) is 7.12. The third-order valence-electron chi connectivity index (χ3n) is 4.06. The van der Waals surface area contributed by atoms with Crippen molar-refractivity contribution in [3.8, 4) is 28.7 Å². The van der Waals surface area contributed by atoms with Gasteiger partial charge in [-0.2, -0.15) is 0 Å². The predicted octanol–water partition coefficient (Wildman–Crippen LogP) is 2.25. The lowest BCUT2D eigenvalue weighted by Gasteiger charge is -2.26. The standard InChI is InChI=1S/C17H16O6/c1-8-12(19)6-14(21)15-16(22)10(7-23-17(8)15)4-9-2-3-11(18)5-13(9)20/h2-3,5-6,10,18-21H,4,7H2,1H3. The number of fused-ring (bicyclic) bond motifs is 1. The molecule has 0 aliphatic carbocycles. The molecule has 0 radical (unpaired) electrons. The van der Waals surface area contributed by atoms with Crippen molar-refractivity contribution in [2.75, 3.05) is 6.61 Å². The number of rotatable bonds is 2. The zero-order valence-corrected chi connectivity index (χ0v) is 12.4. The number of benzene rings is 2. The van der Waals surface area contributed by atoms with Gasteiger partial charge in [0.25, 0.3) is 0 Å². The van der Waals surface area contributed by atoms with Crippen LogP contribution >= 0.6 is 0 Å². The zero-order valence-electron chi connectivity index (χ0n) is 12.4. The zero-order chi connectivity index (χ0) is 16.7. The smallest absolute Gasteiger partial charge is 0.177 e. The van der Waals surface area contributed by atoms with Crippen LogP contribution in [-0.2, 0) is 6.42 Å². The van der Waals surface area contributed by atoms with Gasteiger partial charge in [0.2, 0.25) is 0 Å². The van der Waals surface area contributed by atoms with E-state index in [1.807, 2.05) is 0 Å². The summed E-state index contributed by atoms with van der Waals surface area (Å²) in [6.07, 6.45) is 0.212. The Bertz CT molecular complexity index is 796. The molecule has 0 bridgehead atoms. The molecule has 2 aromatic carbocycles. The lowest BCUT2D eigenvalue weighted by atomic mass is 9.88. The quantitative estimate of drug-likeness (QED) is 0.677. The maximum Gasteiger partial charge on any atom is 0.177 e. The minimum atomic E-state index is -0.576. The molecule has 23 heavy (non-hydrogen) atoms. The molecule has 1 unspecified atom stereocenters. The number of Topliss-reactive ketones (excluding diaryl/α,β-unsaturated/α-hetero) is 1. The Hall–Kier alpha value is -2.89. The van der Waals surface area contributed by atoms with Crippen molar-refractivity contribution >= 4 is 5.78 Å². The fourth-order valence-electron chi connectivity index (χ4n) is 2.75. The van der Waals surface area contributed by atoms with Crippen LogP contribution < -0.4 is 4.74 Å². The maximum atomic E-state index is 12.6. The van der Waals surface area contributed by atoms with Crippen LogP contribution in [0.25, 0.3) is 0 Å². The van der Waals surface area contributed by atoms with Gasteiger partial charge in [0.05, 0.1) is 12.5 Å². The number of aromatic hydroxyl groups is 4. The molecule has 0 amide bonds. The van der Waals surface area contributed by atoms with Crippen LogP contribution in [0.15, 0.2) is 24.3 Å². The molecule has 0 fully saturated rings. The second-order valence-electron chi connectivity index (χ2n) is 5.63. The summed E-state index contributed by atoms with van der Waals surface area (Å²) in [5, 5.41) is 38.8. The molecule has 1 atom stereocenters. The lowest BCUT2D eigenvalue weighted by molar-refractivity contribution is 0.0824. The largest absolute Gasteiger partial charge is 0.508 e. The average molecular weight is 316 g/mol. The number of phenols is 4. The number of ketones is 1. The Morgan fingerprint density at radius 3 is 2.52 bits per heavy atom. The fourth-order valence-corrected chi connectivity index (χ4v) is 2.75. The Balaban J connectivity index is 1.94. The van der Waals surface area contributed by atoms with Crippen LogP contribution in [0, 0.1) is 12.8 Å². The normalized spacial score (nSPS) is 16.7. The van der Waals surface area contributed by atoms with Crippen LogP contribution in [0.3, 0.4) is 0 Å². The maximum absolute atomic E-state index is 12.6. The summed E-state index contributed by atoms with van der Waals surface area (Å²) < 4.78 is 5.56. The molecule has 1 aliphatic heterocycles. The molecule has 2 aromatic rings. The van der Waals surface area contributed by atoms with E-state index in [4.69, 9.17) is 4.74 Å². The van der Waals surface area contributed by atoms with E-state index in [9.17, 15) is 25.2 Å². The van der Waals surface area contributed by atoms with E-state index in [2.05, 4.69) is 0 Å². The van der Waals surface area contributed by atoms with E-state index >= 15 is 0 Å². The number of ether oxygens (including phenoxy) is 1. The molecule has 6 heteroatoms. The third kappa shape index (κ3) is 2.52. The number of carbonyl (C=O) groups is 1. The Labute approximate surface area is 132 Å². The molecule has 0 saturated heterocycles. The topological polar surface area (TPSA) is 107 Å². The average Bonchev–Trinajstić information content (AvgIpc) is 2.49. The van der Waals surface area contributed by atoms with Crippen molar-refractivity contribution in [1.82, 2.24) is 0 Å². The summed E-state index contributed by atoms with van der Waals surface area (Å²) in [6.45, 7) is 1.68. The highest BCUT2D eigenvalue weighted by Gasteiger charge is 2.34. The monoisotopic (exact) mass is 316 g/mol. The fraction of sp³-hybridized carbons (Fsp3) is 0.235. The molecular weight excluding hydrogens is 300 g/mol. The molecule has 0 spiro atoms. The van der Waals surface area contributed by atoms with Crippen LogP contribution in [0.5, 0.6) is 28.7 Å². The van der Waals surface area contributed by atoms with E-state index in [0.29, 0.717) is 11.1 Å². The Kier molecular flexibility index (Phi) is 3.52. The second-order valence-corrected chi connectivity index (χ2v) is 5.63. The summed E-state index contributed by atoms with van der Waals surface area (Å²) in [5.41, 5.74) is 0.954. The van der Waals surface area contributed by atoms with E-state index < -0.39 is 5.92 Å². The van der Waals surface area contributed by atoms with Crippen LogP contribution in [-0.4, -0.2) is 32.8 Å². The van der Waals surface area contributed by atoms with E-state index in [0.717, 1.165) is 6.07 Å². The summed E-state index contributed by atoms with van der Waals surface area (Å²) in [6, 6.07) is 5.29. The van der Waals surface area contributed by atoms with Crippen molar-refractivity contribution in [2.45, 2.75) is 13.3 Å². The molecule has 1 heterocycles. The minimum Gasteiger partial charge on any atom is -0.508 e. The van der Waals surface area contributed by atoms with Crippen LogP contribution in [0.1, 0.15) is 21.5 Å². The van der Waals surface area contributed by atoms with Crippen molar-refractivity contribution in [3.63, 3.8) is 0 Å². The van der Waals surface area contributed by atoms with Gasteiger partial charge in [-0.1, -0.05) is 6.07 Å². The summed E-state index contributed by atoms with van der Waals surface area (Å²) in [5.74, 6) is -1.32. The first-order valence-electron chi connectivity index (χ1n) is 7.12. The van der Waals surface area contributed by atoms with E-state index in [1.165, 1.54) is 18.2 Å². The van der Waals surface area contributed by atoms with Gasteiger partial charge in [0.1, 0.15) is 34.3 Å². The van der Waals surface area contributed by atoms with Gasteiger partial charge in [0.15, 0.2) is 5.78 Å². The van der Waals surface area contributed by atoms with Crippen LogP contribution in [0.4, 0.5) is 0 Å². The predicted molar refractivity (Wildman–Crippen MR) is 81.3 cm³/mol. The molecule has 120 valence electrons. The van der Waals surface area contributed by atoms with Gasteiger partial charge in [0, 0.05) is 17.7 Å². The molecule has 1 aliphatic rings. The molecule has 0 saturated carbocycles. The highest BCUT2D eigenvalue weighted by atomic mass is 16.5.